The fourth-order valence-electron chi connectivity index (χ4n) is 2.74. The molecule has 0 bridgehead atoms. The first-order valence-corrected chi connectivity index (χ1v) is 12.1. The summed E-state index contributed by atoms with van der Waals surface area (Å²) in [6.07, 6.45) is 11.4. The van der Waals surface area contributed by atoms with Crippen molar-refractivity contribution in [2.45, 2.75) is 102 Å². The summed E-state index contributed by atoms with van der Waals surface area (Å²) in [7, 11) is 3.47. The van der Waals surface area contributed by atoms with Crippen LogP contribution in [0, 0.1) is 0 Å². The summed E-state index contributed by atoms with van der Waals surface area (Å²) in [4.78, 5) is 9.77. The quantitative estimate of drug-likeness (QED) is 0.396. The third kappa shape index (κ3) is 5.81. The maximum absolute atomic E-state index is 4.88. The van der Waals surface area contributed by atoms with Gasteiger partial charge in [0.25, 0.3) is 0 Å². The second kappa shape index (κ2) is 10.5. The Bertz CT molecular complexity index is 615. The summed E-state index contributed by atoms with van der Waals surface area (Å²) >= 11 is 0. The van der Waals surface area contributed by atoms with Gasteiger partial charge in [0.15, 0.2) is 10.3 Å². The third-order valence-corrected chi connectivity index (χ3v) is 6.50. The number of aryl methyl sites for hydroxylation is 2. The van der Waals surface area contributed by atoms with Crippen LogP contribution in [-0.2, 0) is 12.8 Å². The third-order valence-electron chi connectivity index (χ3n) is 4.37. The highest BCUT2D eigenvalue weighted by atomic mass is 33.1. The molecule has 2 aromatic rings. The van der Waals surface area contributed by atoms with Gasteiger partial charge in [0.05, 0.1) is 11.4 Å². The molecule has 0 amide bonds. The van der Waals surface area contributed by atoms with Gasteiger partial charge < -0.3 is 9.13 Å². The van der Waals surface area contributed by atoms with Gasteiger partial charge in [-0.25, -0.2) is 9.97 Å². The molecular weight excluding hydrogens is 360 g/mol. The zero-order chi connectivity index (χ0) is 19.1. The van der Waals surface area contributed by atoms with E-state index in [0.29, 0.717) is 12.1 Å². The largest absolute Gasteiger partial charge is 0.323 e. The maximum atomic E-state index is 4.88. The number of rotatable bonds is 11. The average Bonchev–Trinajstić information content (AvgIpc) is 3.20. The number of nitrogens with zero attached hydrogens (tertiary/aromatic N) is 4. The smallest absolute Gasteiger partial charge is 0.179 e. The number of unbranched alkanes of at least 4 members (excludes halogenated alkanes) is 2. The summed E-state index contributed by atoms with van der Waals surface area (Å²) in [6.45, 7) is 13.3. The first-order valence-electron chi connectivity index (χ1n) is 9.96. The number of aromatic nitrogens is 4. The molecule has 0 spiro atoms. The zero-order valence-corrected chi connectivity index (χ0v) is 18.8. The van der Waals surface area contributed by atoms with Crippen LogP contribution in [0.3, 0.4) is 0 Å². The van der Waals surface area contributed by atoms with Gasteiger partial charge in [-0.15, -0.1) is 0 Å². The molecule has 0 fully saturated rings. The summed E-state index contributed by atoms with van der Waals surface area (Å²) in [5.41, 5.74) is 2.42. The molecule has 26 heavy (non-hydrogen) atoms. The summed E-state index contributed by atoms with van der Waals surface area (Å²) in [6, 6.07) is 0.844. The molecule has 6 heteroatoms. The van der Waals surface area contributed by atoms with Crippen molar-refractivity contribution in [1.29, 1.82) is 0 Å². The molecule has 0 aliphatic heterocycles. The fraction of sp³-hybridized carbons (Fsp3) is 0.700. The molecule has 0 aliphatic carbocycles. The Kier molecular flexibility index (Phi) is 8.61. The first-order chi connectivity index (χ1) is 12.5. The Morgan fingerprint density at radius 1 is 0.769 bits per heavy atom. The minimum atomic E-state index is 0.422. The SMILES string of the molecule is CCCCc1cn(C(C)C)c(SSc2nc(CCCC)cn2C(C)C)n1. The van der Waals surface area contributed by atoms with Gasteiger partial charge in [0.1, 0.15) is 0 Å². The molecule has 2 aromatic heterocycles. The van der Waals surface area contributed by atoms with E-state index in [1.54, 1.807) is 21.6 Å². The van der Waals surface area contributed by atoms with E-state index in [4.69, 9.17) is 9.97 Å². The van der Waals surface area contributed by atoms with E-state index < -0.39 is 0 Å². The molecule has 146 valence electrons. The highest BCUT2D eigenvalue weighted by Gasteiger charge is 2.16. The molecule has 0 saturated carbocycles. The van der Waals surface area contributed by atoms with E-state index in [9.17, 15) is 0 Å². The van der Waals surface area contributed by atoms with E-state index >= 15 is 0 Å². The minimum absolute atomic E-state index is 0.422. The molecule has 0 atom stereocenters. The van der Waals surface area contributed by atoms with Crippen molar-refractivity contribution < 1.29 is 0 Å². The minimum Gasteiger partial charge on any atom is -0.323 e. The van der Waals surface area contributed by atoms with Crippen molar-refractivity contribution in [3.05, 3.63) is 23.8 Å². The van der Waals surface area contributed by atoms with E-state index in [1.165, 1.54) is 37.1 Å². The maximum Gasteiger partial charge on any atom is 0.179 e. The fourth-order valence-corrected chi connectivity index (χ4v) is 5.09. The topological polar surface area (TPSA) is 35.6 Å². The summed E-state index contributed by atoms with van der Waals surface area (Å²) in [5.74, 6) is 0. The first kappa shape index (κ1) is 21.4. The van der Waals surface area contributed by atoms with Crippen LogP contribution in [0.2, 0.25) is 0 Å². The standard InChI is InChI=1S/C20H34N4S2/c1-7-9-11-17-13-23(15(3)4)19(21-17)25-26-20-22-18(12-10-8-2)14-24(20)16(5)6/h13-16H,7-12H2,1-6H3. The lowest BCUT2D eigenvalue weighted by Gasteiger charge is -2.12. The zero-order valence-electron chi connectivity index (χ0n) is 17.2. The monoisotopic (exact) mass is 394 g/mol. The van der Waals surface area contributed by atoms with Gasteiger partial charge >= 0.3 is 0 Å². The highest BCUT2D eigenvalue weighted by Crippen LogP contribution is 2.38. The summed E-state index contributed by atoms with van der Waals surface area (Å²) in [5, 5.41) is 2.18. The predicted octanol–water partition coefficient (Wildman–Crippen LogP) is 6.73. The van der Waals surface area contributed by atoms with E-state index in [1.807, 2.05) is 0 Å². The average molecular weight is 395 g/mol. The van der Waals surface area contributed by atoms with Gasteiger partial charge in [-0.1, -0.05) is 26.7 Å². The molecule has 0 aromatic carbocycles. The van der Waals surface area contributed by atoms with Crippen LogP contribution in [0.15, 0.2) is 22.7 Å². The Balaban J connectivity index is 2.14. The van der Waals surface area contributed by atoms with Gasteiger partial charge in [-0.3, -0.25) is 0 Å². The van der Waals surface area contributed by atoms with Crippen molar-refractivity contribution >= 4 is 21.6 Å². The number of imidazole rings is 2. The summed E-state index contributed by atoms with van der Waals surface area (Å²) < 4.78 is 4.59. The highest BCUT2D eigenvalue weighted by molar-refractivity contribution is 8.76. The predicted molar refractivity (Wildman–Crippen MR) is 114 cm³/mol. The van der Waals surface area contributed by atoms with Crippen LogP contribution >= 0.6 is 21.6 Å². The van der Waals surface area contributed by atoms with Crippen LogP contribution in [-0.4, -0.2) is 19.1 Å². The molecule has 0 aliphatic rings. The molecule has 0 radical (unpaired) electrons. The van der Waals surface area contributed by atoms with Crippen molar-refractivity contribution in [2.75, 3.05) is 0 Å². The van der Waals surface area contributed by atoms with Gasteiger partial charge in [0.2, 0.25) is 0 Å². The van der Waals surface area contributed by atoms with Gasteiger partial charge in [0, 0.05) is 24.5 Å². The van der Waals surface area contributed by atoms with E-state index in [0.717, 1.165) is 23.2 Å². The Labute approximate surface area is 167 Å². The normalized spacial score (nSPS) is 11.8. The second-order valence-corrected chi connectivity index (χ2v) is 9.47. The molecule has 2 rings (SSSR count). The van der Waals surface area contributed by atoms with Gasteiger partial charge in [-0.05, 0) is 75.0 Å². The van der Waals surface area contributed by atoms with Gasteiger partial charge in [-0.2, -0.15) is 0 Å². The lowest BCUT2D eigenvalue weighted by Crippen LogP contribution is -2.01. The Morgan fingerprint density at radius 2 is 1.15 bits per heavy atom. The molecule has 0 saturated heterocycles. The Morgan fingerprint density at radius 3 is 1.46 bits per heavy atom. The number of hydrogen-bond donors (Lipinski definition) is 0. The van der Waals surface area contributed by atoms with Crippen LogP contribution in [0.1, 0.15) is 90.7 Å². The van der Waals surface area contributed by atoms with Crippen molar-refractivity contribution in [3.8, 4) is 0 Å². The van der Waals surface area contributed by atoms with Crippen LogP contribution in [0.25, 0.3) is 0 Å². The molecule has 4 nitrogen and oxygen atoms in total. The molecule has 0 unspecified atom stereocenters. The van der Waals surface area contributed by atoms with Crippen LogP contribution in [0.4, 0.5) is 0 Å². The molecule has 0 N–H and O–H groups in total. The van der Waals surface area contributed by atoms with E-state index in [-0.39, 0.29) is 0 Å². The molecule has 2 heterocycles. The van der Waals surface area contributed by atoms with Crippen molar-refractivity contribution in [2.24, 2.45) is 0 Å². The lowest BCUT2D eigenvalue weighted by molar-refractivity contribution is 0.548. The van der Waals surface area contributed by atoms with Crippen molar-refractivity contribution in [3.63, 3.8) is 0 Å². The number of hydrogen-bond acceptors (Lipinski definition) is 4. The Hall–Kier alpha value is -0.880. The van der Waals surface area contributed by atoms with Crippen LogP contribution < -0.4 is 0 Å². The lowest BCUT2D eigenvalue weighted by atomic mass is 10.2. The van der Waals surface area contributed by atoms with E-state index in [2.05, 4.69) is 63.1 Å². The second-order valence-electron chi connectivity index (χ2n) is 7.41. The molecular formula is C20H34N4S2. The van der Waals surface area contributed by atoms with Crippen LogP contribution in [0.5, 0.6) is 0 Å². The van der Waals surface area contributed by atoms with Crippen molar-refractivity contribution in [1.82, 2.24) is 19.1 Å².